The number of benzene rings is 2. The molecule has 0 atom stereocenters. The van der Waals surface area contributed by atoms with Gasteiger partial charge in [0.05, 0.1) is 24.1 Å². The number of hydrogen-bond donors (Lipinski definition) is 1. The smallest absolute Gasteiger partial charge is 0.241 e. The van der Waals surface area contributed by atoms with Gasteiger partial charge in [0.15, 0.2) is 0 Å². The molecule has 0 spiro atoms. The van der Waals surface area contributed by atoms with Crippen LogP contribution in [0.1, 0.15) is 28.1 Å². The molecule has 2 aromatic carbocycles. The molecule has 0 unspecified atom stereocenters. The Labute approximate surface area is 171 Å². The lowest BCUT2D eigenvalue weighted by molar-refractivity contribution is -0.133. The summed E-state index contributed by atoms with van der Waals surface area (Å²) in [4.78, 5) is 24.3. The number of nitrogens with zero attached hydrogens (tertiary/aromatic N) is 3. The second kappa shape index (κ2) is 8.13. The average Bonchev–Trinajstić information content (AvgIpc) is 3.15. The summed E-state index contributed by atoms with van der Waals surface area (Å²) >= 11 is 0. The van der Waals surface area contributed by atoms with Gasteiger partial charge in [-0.15, -0.1) is 0 Å². The van der Waals surface area contributed by atoms with E-state index in [0.717, 1.165) is 11.4 Å². The number of hydrogen-bond acceptors (Lipinski definition) is 4. The highest BCUT2D eigenvalue weighted by atomic mass is 16.2. The van der Waals surface area contributed by atoms with Crippen molar-refractivity contribution in [1.82, 2.24) is 20.2 Å². The normalized spacial score (nSPS) is 14.6. The summed E-state index contributed by atoms with van der Waals surface area (Å²) in [5, 5.41) is 3.12. The first-order valence-corrected chi connectivity index (χ1v) is 9.95. The molecule has 3 aromatic rings. The predicted octanol–water partition coefficient (Wildman–Crippen LogP) is 3.07. The van der Waals surface area contributed by atoms with Crippen molar-refractivity contribution < 1.29 is 4.79 Å². The number of rotatable bonds is 6. The molecular weight excluding hydrogens is 360 g/mol. The van der Waals surface area contributed by atoms with Crippen molar-refractivity contribution in [3.63, 3.8) is 0 Å². The molecule has 0 saturated heterocycles. The van der Waals surface area contributed by atoms with Crippen LogP contribution in [0.5, 0.6) is 0 Å². The van der Waals surface area contributed by atoms with Gasteiger partial charge in [0.2, 0.25) is 5.91 Å². The van der Waals surface area contributed by atoms with Crippen molar-refractivity contribution in [3.8, 4) is 0 Å². The third-order valence-electron chi connectivity index (χ3n) is 5.76. The van der Waals surface area contributed by atoms with E-state index in [0.29, 0.717) is 25.9 Å². The number of carbonyl (C=O) groups is 1. The lowest BCUT2D eigenvalue weighted by atomic mass is 9.91. The molecule has 0 bridgehead atoms. The summed E-state index contributed by atoms with van der Waals surface area (Å²) in [5.41, 5.74) is 4.71. The Hall–Kier alpha value is -3.05. The molecule has 148 valence electrons. The van der Waals surface area contributed by atoms with Gasteiger partial charge >= 0.3 is 0 Å². The van der Waals surface area contributed by atoms with Gasteiger partial charge in [-0.25, -0.2) is 0 Å². The predicted molar refractivity (Wildman–Crippen MR) is 113 cm³/mol. The van der Waals surface area contributed by atoms with Gasteiger partial charge in [-0.3, -0.25) is 19.7 Å². The van der Waals surface area contributed by atoms with Gasteiger partial charge in [-0.05, 0) is 30.7 Å². The molecule has 1 amide bonds. The topological polar surface area (TPSA) is 58.1 Å². The minimum absolute atomic E-state index is 0.0366. The lowest BCUT2D eigenvalue weighted by Gasteiger charge is -2.37. The van der Waals surface area contributed by atoms with Crippen LogP contribution in [-0.2, 0) is 30.7 Å². The molecule has 1 heterocycles. The van der Waals surface area contributed by atoms with E-state index in [1.165, 1.54) is 16.7 Å². The molecule has 5 heteroatoms. The fourth-order valence-corrected chi connectivity index (χ4v) is 4.05. The van der Waals surface area contributed by atoms with E-state index in [9.17, 15) is 4.79 Å². The number of carbonyl (C=O) groups excluding carboxylic acids is 1. The van der Waals surface area contributed by atoms with Gasteiger partial charge in [-0.2, -0.15) is 0 Å². The summed E-state index contributed by atoms with van der Waals surface area (Å²) in [6.07, 6.45) is 4.86. The Balaban J connectivity index is 1.56. The zero-order valence-electron chi connectivity index (χ0n) is 16.9. The van der Waals surface area contributed by atoms with Crippen molar-refractivity contribution in [1.29, 1.82) is 0 Å². The lowest BCUT2D eigenvalue weighted by Crippen LogP contribution is -2.58. The molecule has 0 radical (unpaired) electrons. The summed E-state index contributed by atoms with van der Waals surface area (Å²) in [7, 11) is 2.05. The Morgan fingerprint density at radius 2 is 1.66 bits per heavy atom. The standard InChI is InChI=1S/C24H26N4O/c1-18-14-26-22(15-25-18)16-27-23(29)24(12-20-10-6-7-11-21(20)13-24)28(2)17-19-8-4-3-5-9-19/h3-11,14-15H,12-13,16-17H2,1-2H3,(H,27,29). The maximum absolute atomic E-state index is 13.5. The molecule has 0 aliphatic heterocycles. The van der Waals surface area contributed by atoms with E-state index in [4.69, 9.17) is 0 Å². The molecule has 4 rings (SSSR count). The average molecular weight is 386 g/mol. The van der Waals surface area contributed by atoms with Crippen LogP contribution in [0.3, 0.4) is 0 Å². The fourth-order valence-electron chi connectivity index (χ4n) is 4.05. The first kappa shape index (κ1) is 19.3. The highest BCUT2D eigenvalue weighted by Crippen LogP contribution is 2.35. The summed E-state index contributed by atoms with van der Waals surface area (Å²) in [5.74, 6) is 0.0366. The van der Waals surface area contributed by atoms with Crippen molar-refractivity contribution >= 4 is 5.91 Å². The monoisotopic (exact) mass is 386 g/mol. The van der Waals surface area contributed by atoms with Gasteiger partial charge < -0.3 is 5.32 Å². The largest absolute Gasteiger partial charge is 0.349 e. The maximum atomic E-state index is 13.5. The highest BCUT2D eigenvalue weighted by Gasteiger charge is 2.46. The second-order valence-electron chi connectivity index (χ2n) is 7.83. The van der Waals surface area contributed by atoms with E-state index in [1.54, 1.807) is 12.4 Å². The molecular formula is C24H26N4O. The molecule has 1 aromatic heterocycles. The third kappa shape index (κ3) is 4.05. The molecule has 5 nitrogen and oxygen atoms in total. The van der Waals surface area contributed by atoms with Gasteiger partial charge in [0.1, 0.15) is 5.54 Å². The zero-order valence-corrected chi connectivity index (χ0v) is 16.9. The zero-order chi connectivity index (χ0) is 20.3. The van der Waals surface area contributed by atoms with Crippen molar-refractivity contribution in [2.75, 3.05) is 7.05 Å². The second-order valence-corrected chi connectivity index (χ2v) is 7.83. The van der Waals surface area contributed by atoms with E-state index in [1.807, 2.05) is 44.3 Å². The molecule has 0 fully saturated rings. The maximum Gasteiger partial charge on any atom is 0.241 e. The van der Waals surface area contributed by atoms with Gasteiger partial charge in [-0.1, -0.05) is 54.6 Å². The van der Waals surface area contributed by atoms with Crippen LogP contribution in [0, 0.1) is 6.92 Å². The first-order chi connectivity index (χ1) is 14.1. The number of aromatic nitrogens is 2. The van der Waals surface area contributed by atoms with Crippen molar-refractivity contribution in [3.05, 3.63) is 95.1 Å². The minimum atomic E-state index is -0.613. The molecule has 1 aliphatic rings. The van der Waals surface area contributed by atoms with Gasteiger partial charge in [0.25, 0.3) is 0 Å². The van der Waals surface area contributed by atoms with Crippen molar-refractivity contribution in [2.24, 2.45) is 0 Å². The van der Waals surface area contributed by atoms with Crippen LogP contribution in [0.2, 0.25) is 0 Å². The fraction of sp³-hybridized carbons (Fsp3) is 0.292. The quantitative estimate of drug-likeness (QED) is 0.707. The number of aryl methyl sites for hydroxylation is 1. The number of amides is 1. The molecule has 1 N–H and O–H groups in total. The number of nitrogens with one attached hydrogen (secondary N) is 1. The van der Waals surface area contributed by atoms with Crippen LogP contribution in [0.25, 0.3) is 0 Å². The van der Waals surface area contributed by atoms with E-state index in [-0.39, 0.29) is 5.91 Å². The number of fused-ring (bicyclic) bond motifs is 1. The Morgan fingerprint density at radius 1 is 1.00 bits per heavy atom. The molecule has 1 aliphatic carbocycles. The van der Waals surface area contributed by atoms with Crippen LogP contribution >= 0.6 is 0 Å². The van der Waals surface area contributed by atoms with E-state index >= 15 is 0 Å². The highest BCUT2D eigenvalue weighted by molar-refractivity contribution is 5.88. The van der Waals surface area contributed by atoms with E-state index < -0.39 is 5.54 Å². The van der Waals surface area contributed by atoms with Crippen molar-refractivity contribution in [2.45, 2.75) is 38.4 Å². The Bertz CT molecular complexity index is 960. The third-order valence-corrected chi connectivity index (χ3v) is 5.76. The Kier molecular flexibility index (Phi) is 5.41. The minimum Gasteiger partial charge on any atom is -0.349 e. The number of likely N-dealkylation sites (N-methyl/N-ethyl adjacent to an activating group) is 1. The SMILES string of the molecule is Cc1cnc(CNC(=O)C2(N(C)Cc3ccccc3)Cc3ccccc3C2)cn1. The Morgan fingerprint density at radius 3 is 2.28 bits per heavy atom. The van der Waals surface area contributed by atoms with E-state index in [2.05, 4.69) is 44.5 Å². The summed E-state index contributed by atoms with van der Waals surface area (Å²) in [6, 6.07) is 18.7. The van der Waals surface area contributed by atoms with Crippen LogP contribution < -0.4 is 5.32 Å². The van der Waals surface area contributed by atoms with Crippen LogP contribution in [0.15, 0.2) is 67.0 Å². The van der Waals surface area contributed by atoms with Crippen LogP contribution in [0.4, 0.5) is 0 Å². The summed E-state index contributed by atoms with van der Waals surface area (Å²) < 4.78 is 0. The summed E-state index contributed by atoms with van der Waals surface area (Å²) in [6.45, 7) is 2.99. The first-order valence-electron chi connectivity index (χ1n) is 9.95. The molecule has 29 heavy (non-hydrogen) atoms. The van der Waals surface area contributed by atoms with Gasteiger partial charge in [0, 0.05) is 25.6 Å². The van der Waals surface area contributed by atoms with Crippen LogP contribution in [-0.4, -0.2) is 33.4 Å². The molecule has 0 saturated carbocycles.